The fourth-order valence-corrected chi connectivity index (χ4v) is 3.43. The lowest BCUT2D eigenvalue weighted by molar-refractivity contribution is -0.130. The number of amides is 3. The van der Waals surface area contributed by atoms with E-state index < -0.39 is 18.0 Å². The normalized spacial score (nSPS) is 18.3. The summed E-state index contributed by atoms with van der Waals surface area (Å²) < 4.78 is 0. The number of carbonyl (C=O) groups excluding carboxylic acids is 4. The molecule has 0 aliphatic carbocycles. The molecule has 1 heterocycles. The van der Waals surface area contributed by atoms with Gasteiger partial charge in [0, 0.05) is 18.5 Å². The maximum atomic E-state index is 12.7. The van der Waals surface area contributed by atoms with Crippen LogP contribution in [0.4, 0.5) is 0 Å². The van der Waals surface area contributed by atoms with E-state index in [0.29, 0.717) is 25.7 Å². The summed E-state index contributed by atoms with van der Waals surface area (Å²) in [5.41, 5.74) is 0.883. The van der Waals surface area contributed by atoms with Gasteiger partial charge in [0.15, 0.2) is 0 Å². The number of piperidine rings is 1. The number of hydrogen-bond donors (Lipinski definition) is 3. The van der Waals surface area contributed by atoms with E-state index in [0.717, 1.165) is 24.8 Å². The Morgan fingerprint density at radius 1 is 1.23 bits per heavy atom. The number of hydrogen-bond acceptors (Lipinski definition) is 4. The van der Waals surface area contributed by atoms with Crippen molar-refractivity contribution >= 4 is 30.1 Å². The molecule has 30 heavy (non-hydrogen) atoms. The van der Waals surface area contributed by atoms with E-state index in [4.69, 9.17) is 0 Å². The van der Waals surface area contributed by atoms with Gasteiger partial charge in [0.25, 0.3) is 0 Å². The van der Waals surface area contributed by atoms with Crippen LogP contribution >= 0.6 is 0 Å². The minimum Gasteiger partial charge on any atom is -0.356 e. The van der Waals surface area contributed by atoms with Crippen LogP contribution in [-0.4, -0.2) is 42.6 Å². The number of carbonyl (C=O) groups is 4. The molecule has 1 aromatic carbocycles. The molecule has 0 bridgehead atoms. The highest BCUT2D eigenvalue weighted by Crippen LogP contribution is 2.17. The zero-order valence-corrected chi connectivity index (χ0v) is 17.4. The highest BCUT2D eigenvalue weighted by molar-refractivity contribution is 5.96. The Labute approximate surface area is 177 Å². The van der Waals surface area contributed by atoms with Crippen LogP contribution in [0.3, 0.4) is 0 Å². The van der Waals surface area contributed by atoms with Gasteiger partial charge in [0.1, 0.15) is 12.3 Å². The zero-order chi connectivity index (χ0) is 21.8. The van der Waals surface area contributed by atoms with Crippen molar-refractivity contribution in [1.82, 2.24) is 16.0 Å². The summed E-state index contributed by atoms with van der Waals surface area (Å²) >= 11 is 0. The first-order valence-corrected chi connectivity index (χ1v) is 10.6. The third-order valence-corrected chi connectivity index (χ3v) is 5.14. The number of nitrogens with one attached hydrogen (secondary N) is 3. The molecule has 1 aliphatic rings. The molecule has 1 aromatic rings. The van der Waals surface area contributed by atoms with E-state index in [2.05, 4.69) is 16.0 Å². The highest BCUT2D eigenvalue weighted by atomic mass is 16.2. The molecule has 3 N–H and O–H groups in total. The molecule has 0 spiro atoms. The number of rotatable bonds is 11. The number of aldehydes is 1. The molecule has 1 saturated heterocycles. The molecule has 1 aliphatic heterocycles. The van der Waals surface area contributed by atoms with E-state index in [1.807, 2.05) is 37.3 Å². The van der Waals surface area contributed by atoms with Crippen molar-refractivity contribution in [2.24, 2.45) is 5.92 Å². The van der Waals surface area contributed by atoms with Gasteiger partial charge in [-0.1, -0.05) is 50.1 Å². The fraction of sp³-hybridized carbons (Fsp3) is 0.478. The van der Waals surface area contributed by atoms with Crippen molar-refractivity contribution in [2.45, 2.75) is 57.5 Å². The Bertz CT molecular complexity index is 748. The first kappa shape index (κ1) is 23.3. The van der Waals surface area contributed by atoms with Crippen LogP contribution in [0.2, 0.25) is 0 Å². The standard InChI is InChI=1S/C23H31N3O4/c1-2-3-11-20(26-21(28)13-12-17-8-5-4-6-9-17)23(30)25-19(16-27)15-18-10-7-14-24-22(18)29/h4-6,8-9,12-13,16,18-20H,2-3,7,10-11,14-15H2,1H3,(H,24,29)(H,25,30)(H,26,28)/t18-,19-,20-/m0/s1. The van der Waals surface area contributed by atoms with Gasteiger partial charge in [0.05, 0.1) is 6.04 Å². The Morgan fingerprint density at radius 3 is 2.67 bits per heavy atom. The molecular weight excluding hydrogens is 382 g/mol. The quantitative estimate of drug-likeness (QED) is 0.381. The van der Waals surface area contributed by atoms with Crippen LogP contribution in [0.1, 0.15) is 51.0 Å². The maximum absolute atomic E-state index is 12.7. The van der Waals surface area contributed by atoms with Crippen LogP contribution in [0.5, 0.6) is 0 Å². The maximum Gasteiger partial charge on any atom is 0.244 e. The van der Waals surface area contributed by atoms with Crippen molar-refractivity contribution < 1.29 is 19.2 Å². The third-order valence-electron chi connectivity index (χ3n) is 5.14. The molecule has 1 fully saturated rings. The first-order valence-electron chi connectivity index (χ1n) is 10.6. The molecule has 2 rings (SSSR count). The number of benzene rings is 1. The van der Waals surface area contributed by atoms with Gasteiger partial charge in [-0.05, 0) is 37.3 Å². The van der Waals surface area contributed by atoms with E-state index in [9.17, 15) is 19.2 Å². The summed E-state index contributed by atoms with van der Waals surface area (Å²) in [7, 11) is 0. The second-order valence-electron chi connectivity index (χ2n) is 7.56. The molecule has 0 aromatic heterocycles. The summed E-state index contributed by atoms with van der Waals surface area (Å²) in [6.45, 7) is 2.65. The Morgan fingerprint density at radius 2 is 2.00 bits per heavy atom. The van der Waals surface area contributed by atoms with Gasteiger partial charge in [-0.15, -0.1) is 0 Å². The average molecular weight is 414 g/mol. The summed E-state index contributed by atoms with van der Waals surface area (Å²) in [5, 5.41) is 8.21. The van der Waals surface area contributed by atoms with Gasteiger partial charge in [-0.3, -0.25) is 14.4 Å². The van der Waals surface area contributed by atoms with E-state index in [-0.39, 0.29) is 24.2 Å². The fourth-order valence-electron chi connectivity index (χ4n) is 3.43. The van der Waals surface area contributed by atoms with Crippen LogP contribution in [0.15, 0.2) is 36.4 Å². The Hall–Kier alpha value is -2.96. The summed E-state index contributed by atoms with van der Waals surface area (Å²) in [6.07, 6.45) is 7.67. The van der Waals surface area contributed by atoms with Crippen molar-refractivity contribution in [2.75, 3.05) is 6.54 Å². The van der Waals surface area contributed by atoms with Crippen molar-refractivity contribution in [3.63, 3.8) is 0 Å². The van der Waals surface area contributed by atoms with Crippen molar-refractivity contribution in [1.29, 1.82) is 0 Å². The number of unbranched alkanes of at least 4 members (excludes halogenated alkanes) is 1. The van der Waals surface area contributed by atoms with E-state index >= 15 is 0 Å². The average Bonchev–Trinajstić information content (AvgIpc) is 2.76. The largest absolute Gasteiger partial charge is 0.356 e. The Kier molecular flexibility index (Phi) is 9.77. The van der Waals surface area contributed by atoms with Crippen molar-refractivity contribution in [3.8, 4) is 0 Å². The molecule has 3 amide bonds. The van der Waals surface area contributed by atoms with E-state index in [1.54, 1.807) is 6.08 Å². The van der Waals surface area contributed by atoms with Crippen molar-refractivity contribution in [3.05, 3.63) is 42.0 Å². The van der Waals surface area contributed by atoms with Gasteiger partial charge in [-0.2, -0.15) is 0 Å². The summed E-state index contributed by atoms with van der Waals surface area (Å²) in [6, 6.07) is 7.90. The lowest BCUT2D eigenvalue weighted by atomic mass is 9.92. The molecule has 0 saturated carbocycles. The van der Waals surface area contributed by atoms with E-state index in [1.165, 1.54) is 6.08 Å². The lowest BCUT2D eigenvalue weighted by Gasteiger charge is -2.25. The molecule has 162 valence electrons. The SMILES string of the molecule is CCCC[C@H](NC(=O)C=Cc1ccccc1)C(=O)N[C@H](C=O)C[C@@H]1CCCNC1=O. The second-order valence-corrected chi connectivity index (χ2v) is 7.56. The molecule has 7 nitrogen and oxygen atoms in total. The second kappa shape index (κ2) is 12.6. The van der Waals surface area contributed by atoms with Crippen LogP contribution in [-0.2, 0) is 19.2 Å². The Balaban J connectivity index is 1.95. The van der Waals surface area contributed by atoms with Gasteiger partial charge < -0.3 is 20.7 Å². The molecule has 3 atom stereocenters. The monoisotopic (exact) mass is 413 g/mol. The summed E-state index contributed by atoms with van der Waals surface area (Å²) in [5.74, 6) is -1.14. The molecule has 7 heteroatoms. The van der Waals surface area contributed by atoms with Crippen LogP contribution in [0.25, 0.3) is 6.08 Å². The molecule has 0 unspecified atom stereocenters. The predicted molar refractivity (Wildman–Crippen MR) is 115 cm³/mol. The predicted octanol–water partition coefficient (Wildman–Crippen LogP) is 1.97. The van der Waals surface area contributed by atoms with Crippen LogP contribution < -0.4 is 16.0 Å². The minimum absolute atomic E-state index is 0.0794. The van der Waals surface area contributed by atoms with Gasteiger partial charge in [0.2, 0.25) is 17.7 Å². The molecule has 0 radical (unpaired) electrons. The minimum atomic E-state index is -0.757. The topological polar surface area (TPSA) is 104 Å². The highest BCUT2D eigenvalue weighted by Gasteiger charge is 2.28. The van der Waals surface area contributed by atoms with Gasteiger partial charge in [-0.25, -0.2) is 0 Å². The first-order chi connectivity index (χ1) is 14.5. The zero-order valence-electron chi connectivity index (χ0n) is 17.4. The lowest BCUT2D eigenvalue weighted by Crippen LogP contribution is -2.51. The van der Waals surface area contributed by atoms with Gasteiger partial charge >= 0.3 is 0 Å². The third kappa shape index (κ3) is 7.81. The summed E-state index contributed by atoms with van der Waals surface area (Å²) in [4.78, 5) is 48.5. The van der Waals surface area contributed by atoms with Crippen LogP contribution in [0, 0.1) is 5.92 Å². The smallest absolute Gasteiger partial charge is 0.244 e. The molecular formula is C23H31N3O4.